The fourth-order valence-corrected chi connectivity index (χ4v) is 3.70. The van der Waals surface area contributed by atoms with Crippen molar-refractivity contribution in [2.75, 3.05) is 14.2 Å². The summed E-state index contributed by atoms with van der Waals surface area (Å²) in [6.45, 7) is 1.89. The molecule has 0 bridgehead atoms. The van der Waals surface area contributed by atoms with Gasteiger partial charge in [-0.2, -0.15) is 8.42 Å². The first-order valence-electron chi connectivity index (χ1n) is 7.00. The van der Waals surface area contributed by atoms with Gasteiger partial charge in [-0.25, -0.2) is 0 Å². The van der Waals surface area contributed by atoms with Crippen LogP contribution < -0.4 is 13.7 Å². The predicted octanol–water partition coefficient (Wildman–Crippen LogP) is 4.27. The lowest BCUT2D eigenvalue weighted by Gasteiger charge is -2.13. The quantitative estimate of drug-likeness (QED) is 0.662. The van der Waals surface area contributed by atoms with Crippen LogP contribution in [0.25, 0.3) is 6.08 Å². The molecule has 0 unspecified atom stereocenters. The summed E-state index contributed by atoms with van der Waals surface area (Å²) in [7, 11) is -1.24. The Labute approximate surface area is 150 Å². The summed E-state index contributed by atoms with van der Waals surface area (Å²) in [4.78, 5) is -0.0704. The second-order valence-corrected chi connectivity index (χ2v) is 7.17. The third-order valence-corrected chi connectivity index (χ3v) is 4.89. The summed E-state index contributed by atoms with van der Waals surface area (Å²) in [5, 5.41) is 0. The number of hydrogen-bond acceptors (Lipinski definition) is 5. The van der Waals surface area contributed by atoms with Gasteiger partial charge in [-0.05, 0) is 42.8 Å². The van der Waals surface area contributed by atoms with Crippen LogP contribution in [0.3, 0.4) is 0 Å². The number of benzene rings is 2. The zero-order valence-corrected chi connectivity index (χ0v) is 15.8. The second kappa shape index (κ2) is 7.72. The summed E-state index contributed by atoms with van der Waals surface area (Å²) < 4.78 is 41.4. The summed E-state index contributed by atoms with van der Waals surface area (Å²) in [5.41, 5.74) is 0.874. The van der Waals surface area contributed by atoms with E-state index in [4.69, 9.17) is 13.7 Å². The van der Waals surface area contributed by atoms with Crippen molar-refractivity contribution in [3.8, 4) is 17.2 Å². The molecule has 0 spiro atoms. The van der Waals surface area contributed by atoms with Crippen molar-refractivity contribution < 1.29 is 22.1 Å². The van der Waals surface area contributed by atoms with Gasteiger partial charge in [0.15, 0.2) is 11.5 Å². The number of methoxy groups -OCH3 is 2. The Balaban J connectivity index is 2.45. The van der Waals surface area contributed by atoms with E-state index < -0.39 is 10.1 Å². The highest BCUT2D eigenvalue weighted by molar-refractivity contribution is 9.10. The van der Waals surface area contributed by atoms with Crippen LogP contribution in [-0.4, -0.2) is 22.6 Å². The third-order valence-electron chi connectivity index (χ3n) is 3.14. The topological polar surface area (TPSA) is 61.8 Å². The average molecular weight is 413 g/mol. The number of ether oxygens (including phenoxy) is 2. The minimum absolute atomic E-state index is 0.0704. The molecule has 5 nitrogen and oxygen atoms in total. The number of hydrogen-bond donors (Lipinski definition) is 0. The lowest BCUT2D eigenvalue weighted by Crippen LogP contribution is -2.12. The third kappa shape index (κ3) is 4.10. The van der Waals surface area contributed by atoms with Crippen molar-refractivity contribution in [1.82, 2.24) is 0 Å². The Morgan fingerprint density at radius 1 is 0.958 bits per heavy atom. The van der Waals surface area contributed by atoms with Crippen molar-refractivity contribution in [3.63, 3.8) is 0 Å². The van der Waals surface area contributed by atoms with Crippen LogP contribution in [0, 0.1) is 0 Å². The van der Waals surface area contributed by atoms with Gasteiger partial charge < -0.3 is 13.7 Å². The molecule has 0 aliphatic heterocycles. The van der Waals surface area contributed by atoms with E-state index >= 15 is 0 Å². The van der Waals surface area contributed by atoms with Crippen molar-refractivity contribution in [2.45, 2.75) is 11.8 Å². The molecular weight excluding hydrogens is 396 g/mol. The first kappa shape index (κ1) is 18.4. The Bertz CT molecular complexity index is 859. The minimum Gasteiger partial charge on any atom is -0.495 e. The number of allylic oxidation sites excluding steroid dienone is 1. The molecule has 0 aliphatic rings. The van der Waals surface area contributed by atoms with E-state index in [1.807, 2.05) is 19.1 Å². The molecule has 2 rings (SSSR count). The highest BCUT2D eigenvalue weighted by Crippen LogP contribution is 2.34. The minimum atomic E-state index is -4.09. The Morgan fingerprint density at radius 3 is 2.25 bits per heavy atom. The summed E-state index contributed by atoms with van der Waals surface area (Å²) >= 11 is 3.25. The normalized spacial score (nSPS) is 11.5. The first-order chi connectivity index (χ1) is 11.4. The van der Waals surface area contributed by atoms with Gasteiger partial charge in [0, 0.05) is 4.47 Å². The maximum Gasteiger partial charge on any atom is 0.343 e. The predicted molar refractivity (Wildman–Crippen MR) is 96.2 cm³/mol. The van der Waals surface area contributed by atoms with Crippen molar-refractivity contribution in [2.24, 2.45) is 0 Å². The van der Waals surface area contributed by atoms with Gasteiger partial charge in [-0.1, -0.05) is 34.1 Å². The van der Waals surface area contributed by atoms with Gasteiger partial charge >= 0.3 is 10.1 Å². The van der Waals surface area contributed by atoms with Gasteiger partial charge in [0.1, 0.15) is 10.6 Å². The van der Waals surface area contributed by atoms with Gasteiger partial charge in [-0.3, -0.25) is 0 Å². The van der Waals surface area contributed by atoms with Crippen LogP contribution >= 0.6 is 15.9 Å². The molecule has 0 aliphatic carbocycles. The molecule has 2 aromatic carbocycles. The molecular formula is C17H17BrO5S. The van der Waals surface area contributed by atoms with Crippen LogP contribution in [0.5, 0.6) is 17.2 Å². The van der Waals surface area contributed by atoms with Crippen LogP contribution in [0.4, 0.5) is 0 Å². The van der Waals surface area contributed by atoms with E-state index in [0.717, 1.165) is 5.56 Å². The van der Waals surface area contributed by atoms with E-state index in [1.165, 1.54) is 20.3 Å². The largest absolute Gasteiger partial charge is 0.495 e. The molecule has 2 aromatic rings. The van der Waals surface area contributed by atoms with Gasteiger partial charge in [-0.15, -0.1) is 0 Å². The number of halogens is 1. The zero-order valence-electron chi connectivity index (χ0n) is 13.4. The molecule has 0 saturated carbocycles. The number of rotatable bonds is 6. The SMILES string of the molecule is C/C=C/c1ccc(OS(=O)(=O)c2cc(Br)ccc2OC)c(OC)c1. The van der Waals surface area contributed by atoms with Crippen LogP contribution in [0.2, 0.25) is 0 Å². The Hall–Kier alpha value is -1.99. The fourth-order valence-electron chi connectivity index (χ4n) is 2.06. The lowest BCUT2D eigenvalue weighted by molar-refractivity contribution is 0.384. The molecule has 0 heterocycles. The van der Waals surface area contributed by atoms with Gasteiger partial charge in [0.05, 0.1) is 14.2 Å². The zero-order chi connectivity index (χ0) is 17.7. The van der Waals surface area contributed by atoms with E-state index in [9.17, 15) is 8.42 Å². The second-order valence-electron chi connectivity index (χ2n) is 4.74. The average Bonchev–Trinajstić information content (AvgIpc) is 2.56. The smallest absolute Gasteiger partial charge is 0.343 e. The van der Waals surface area contributed by atoms with Crippen LogP contribution in [-0.2, 0) is 10.1 Å². The monoisotopic (exact) mass is 412 g/mol. The van der Waals surface area contributed by atoms with E-state index in [0.29, 0.717) is 10.2 Å². The summed E-state index contributed by atoms with van der Waals surface area (Å²) in [6.07, 6.45) is 3.75. The standard InChI is InChI=1S/C17H17BrO5S/c1-4-5-12-6-8-14(16(10-12)22-3)23-24(19,20)17-11-13(18)7-9-15(17)21-2/h4-11H,1-3H3/b5-4+. The summed E-state index contributed by atoms with van der Waals surface area (Å²) in [6, 6.07) is 9.65. The first-order valence-corrected chi connectivity index (χ1v) is 9.20. The molecule has 0 N–H and O–H groups in total. The molecule has 0 fully saturated rings. The maximum atomic E-state index is 12.6. The molecule has 0 radical (unpaired) electrons. The highest BCUT2D eigenvalue weighted by Gasteiger charge is 2.24. The molecule has 128 valence electrons. The van der Waals surface area contributed by atoms with Crippen molar-refractivity contribution in [1.29, 1.82) is 0 Å². The molecule has 0 saturated heterocycles. The molecule has 0 amide bonds. The lowest BCUT2D eigenvalue weighted by atomic mass is 10.2. The van der Waals surface area contributed by atoms with Crippen molar-refractivity contribution >= 4 is 32.1 Å². The fraction of sp³-hybridized carbons (Fsp3) is 0.176. The summed E-state index contributed by atoms with van der Waals surface area (Å²) in [5.74, 6) is 0.624. The maximum absolute atomic E-state index is 12.6. The molecule has 7 heteroatoms. The van der Waals surface area contributed by atoms with E-state index in [-0.39, 0.29) is 16.4 Å². The molecule has 0 aromatic heterocycles. The molecule has 24 heavy (non-hydrogen) atoms. The van der Waals surface area contributed by atoms with Gasteiger partial charge in [0.2, 0.25) is 0 Å². The molecule has 0 atom stereocenters. The van der Waals surface area contributed by atoms with E-state index in [1.54, 1.807) is 30.3 Å². The van der Waals surface area contributed by atoms with Crippen molar-refractivity contribution in [3.05, 3.63) is 52.5 Å². The Kier molecular flexibility index (Phi) is 5.90. The highest BCUT2D eigenvalue weighted by atomic mass is 79.9. The van der Waals surface area contributed by atoms with Crippen LogP contribution in [0.15, 0.2) is 51.8 Å². The van der Waals surface area contributed by atoms with Gasteiger partial charge in [0.25, 0.3) is 0 Å². The Morgan fingerprint density at radius 2 is 1.62 bits per heavy atom. The van der Waals surface area contributed by atoms with Crippen LogP contribution in [0.1, 0.15) is 12.5 Å². The van der Waals surface area contributed by atoms with E-state index in [2.05, 4.69) is 15.9 Å².